The van der Waals surface area contributed by atoms with Gasteiger partial charge in [-0.05, 0) is 63.7 Å². The maximum absolute atomic E-state index is 12.0. The van der Waals surface area contributed by atoms with E-state index < -0.39 is 0 Å². The average Bonchev–Trinajstić information content (AvgIpc) is 2.72. The number of hydrogen-bond donors (Lipinski definition) is 3. The van der Waals surface area contributed by atoms with Crippen LogP contribution in [0.15, 0.2) is 47.5 Å². The molecule has 0 aliphatic carbocycles. The molecule has 0 aromatic heterocycles. The molecule has 2 aromatic carbocycles. The maximum atomic E-state index is 12.0. The lowest BCUT2D eigenvalue weighted by atomic mass is 10.1. The Morgan fingerprint density at radius 2 is 1.94 bits per heavy atom. The standard InChI is InChI=1S/C24H35N5O2/c1-6-25-24(26-13-12-20-14-18(2)10-11-22(20)31-5)27-16-19-8-7-9-21(15-19)28-23(30)17-29(3)4/h7-11,14-15H,6,12-13,16-17H2,1-5H3,(H,28,30)(H2,25,26,27). The molecule has 1 amide bonds. The number of aliphatic imine (C=N–C) groups is 1. The minimum Gasteiger partial charge on any atom is -0.496 e. The van der Waals surface area contributed by atoms with E-state index in [1.54, 1.807) is 7.11 Å². The van der Waals surface area contributed by atoms with E-state index in [1.165, 1.54) is 11.1 Å². The van der Waals surface area contributed by atoms with E-state index in [4.69, 9.17) is 4.74 Å². The molecule has 7 heteroatoms. The fraction of sp³-hybridized carbons (Fsp3) is 0.417. The third-order valence-corrected chi connectivity index (χ3v) is 4.56. The number of carbonyl (C=O) groups is 1. The zero-order chi connectivity index (χ0) is 22.6. The van der Waals surface area contributed by atoms with Gasteiger partial charge in [-0.2, -0.15) is 0 Å². The molecule has 3 N–H and O–H groups in total. The van der Waals surface area contributed by atoms with Crippen molar-refractivity contribution < 1.29 is 9.53 Å². The van der Waals surface area contributed by atoms with Gasteiger partial charge in [0.1, 0.15) is 5.75 Å². The number of likely N-dealkylation sites (N-methyl/N-ethyl adjacent to an activating group) is 1. The summed E-state index contributed by atoms with van der Waals surface area (Å²) in [6.45, 7) is 6.51. The molecule has 168 valence electrons. The number of anilines is 1. The van der Waals surface area contributed by atoms with Gasteiger partial charge in [-0.15, -0.1) is 0 Å². The summed E-state index contributed by atoms with van der Waals surface area (Å²) in [6.07, 6.45) is 0.836. The molecular weight excluding hydrogens is 390 g/mol. The van der Waals surface area contributed by atoms with Gasteiger partial charge in [0.05, 0.1) is 20.2 Å². The van der Waals surface area contributed by atoms with E-state index in [0.29, 0.717) is 13.1 Å². The summed E-state index contributed by atoms with van der Waals surface area (Å²) in [7, 11) is 5.44. The predicted molar refractivity (Wildman–Crippen MR) is 128 cm³/mol. The average molecular weight is 426 g/mol. The van der Waals surface area contributed by atoms with Crippen LogP contribution in [-0.2, 0) is 17.8 Å². The normalized spacial score (nSPS) is 11.4. The van der Waals surface area contributed by atoms with E-state index >= 15 is 0 Å². The van der Waals surface area contributed by atoms with Gasteiger partial charge in [0, 0.05) is 18.8 Å². The Hall–Kier alpha value is -3.06. The molecule has 2 aromatic rings. The number of carbonyl (C=O) groups excluding carboxylic acids is 1. The van der Waals surface area contributed by atoms with Gasteiger partial charge in [0.15, 0.2) is 5.96 Å². The summed E-state index contributed by atoms with van der Waals surface area (Å²) in [5.41, 5.74) is 4.20. The zero-order valence-electron chi connectivity index (χ0n) is 19.3. The number of guanidine groups is 1. The largest absolute Gasteiger partial charge is 0.496 e. The molecule has 0 fully saturated rings. The molecule has 0 bridgehead atoms. The van der Waals surface area contributed by atoms with Crippen LogP contribution in [0.2, 0.25) is 0 Å². The van der Waals surface area contributed by atoms with Crippen LogP contribution >= 0.6 is 0 Å². The van der Waals surface area contributed by atoms with Crippen molar-refractivity contribution in [3.63, 3.8) is 0 Å². The summed E-state index contributed by atoms with van der Waals surface area (Å²) in [5.74, 6) is 1.63. The second-order valence-corrected chi connectivity index (χ2v) is 7.67. The number of aryl methyl sites for hydroxylation is 1. The molecule has 7 nitrogen and oxygen atoms in total. The number of methoxy groups -OCH3 is 1. The first kappa shape index (κ1) is 24.2. The third kappa shape index (κ3) is 8.68. The number of rotatable bonds is 10. The molecule has 0 radical (unpaired) electrons. The SMILES string of the molecule is CCNC(=NCc1cccc(NC(=O)CN(C)C)c1)NCCc1cc(C)ccc1OC. The lowest BCUT2D eigenvalue weighted by molar-refractivity contribution is -0.116. The number of nitrogens with zero attached hydrogens (tertiary/aromatic N) is 2. The van der Waals surface area contributed by atoms with Crippen molar-refractivity contribution in [2.45, 2.75) is 26.8 Å². The number of ether oxygens (including phenoxy) is 1. The first-order valence-corrected chi connectivity index (χ1v) is 10.6. The van der Waals surface area contributed by atoms with Crippen molar-refractivity contribution in [1.29, 1.82) is 0 Å². The van der Waals surface area contributed by atoms with E-state index in [2.05, 4.69) is 40.0 Å². The van der Waals surface area contributed by atoms with Crippen molar-refractivity contribution in [1.82, 2.24) is 15.5 Å². The number of benzene rings is 2. The van der Waals surface area contributed by atoms with Crippen LogP contribution in [0.3, 0.4) is 0 Å². The van der Waals surface area contributed by atoms with Gasteiger partial charge >= 0.3 is 0 Å². The van der Waals surface area contributed by atoms with Gasteiger partial charge < -0.3 is 25.6 Å². The van der Waals surface area contributed by atoms with Gasteiger partial charge in [-0.25, -0.2) is 4.99 Å². The van der Waals surface area contributed by atoms with Crippen LogP contribution in [0.5, 0.6) is 5.75 Å². The van der Waals surface area contributed by atoms with Crippen LogP contribution < -0.4 is 20.7 Å². The summed E-state index contributed by atoms with van der Waals surface area (Å²) >= 11 is 0. The molecule has 2 rings (SSSR count). The molecule has 0 spiro atoms. The van der Waals surface area contributed by atoms with Gasteiger partial charge in [0.25, 0.3) is 0 Å². The second-order valence-electron chi connectivity index (χ2n) is 7.67. The Morgan fingerprint density at radius 3 is 2.65 bits per heavy atom. The predicted octanol–water partition coefficient (Wildman–Crippen LogP) is 2.80. The van der Waals surface area contributed by atoms with E-state index in [1.807, 2.05) is 56.3 Å². The third-order valence-electron chi connectivity index (χ3n) is 4.56. The van der Waals surface area contributed by atoms with Crippen molar-refractivity contribution in [2.75, 3.05) is 46.2 Å². The molecule has 0 saturated heterocycles. The number of nitrogens with one attached hydrogen (secondary N) is 3. The maximum Gasteiger partial charge on any atom is 0.238 e. The smallest absolute Gasteiger partial charge is 0.238 e. The quantitative estimate of drug-likeness (QED) is 0.403. The van der Waals surface area contributed by atoms with Crippen LogP contribution in [0.1, 0.15) is 23.6 Å². The minimum atomic E-state index is -0.0350. The zero-order valence-corrected chi connectivity index (χ0v) is 19.3. The number of amides is 1. The second kappa shape index (κ2) is 12.6. The van der Waals surface area contributed by atoms with Crippen LogP contribution in [0, 0.1) is 6.92 Å². The van der Waals surface area contributed by atoms with Crippen molar-refractivity contribution >= 4 is 17.6 Å². The highest BCUT2D eigenvalue weighted by Gasteiger charge is 2.06. The molecular formula is C24H35N5O2. The van der Waals surface area contributed by atoms with Gasteiger partial charge in [0.2, 0.25) is 5.91 Å². The van der Waals surface area contributed by atoms with Crippen LogP contribution in [0.25, 0.3) is 0 Å². The molecule has 0 saturated carbocycles. The highest BCUT2D eigenvalue weighted by atomic mass is 16.5. The van der Waals surface area contributed by atoms with E-state index in [-0.39, 0.29) is 5.91 Å². The molecule has 0 aliphatic rings. The summed E-state index contributed by atoms with van der Waals surface area (Å²) in [4.78, 5) is 18.5. The fourth-order valence-corrected chi connectivity index (χ4v) is 3.17. The lowest BCUT2D eigenvalue weighted by Gasteiger charge is -2.14. The fourth-order valence-electron chi connectivity index (χ4n) is 3.17. The molecule has 0 atom stereocenters. The molecule has 0 aliphatic heterocycles. The minimum absolute atomic E-state index is 0.0350. The molecule has 31 heavy (non-hydrogen) atoms. The van der Waals surface area contributed by atoms with Gasteiger partial charge in [-0.1, -0.05) is 29.8 Å². The van der Waals surface area contributed by atoms with E-state index in [0.717, 1.165) is 42.5 Å². The Balaban J connectivity index is 1.96. The van der Waals surface area contributed by atoms with E-state index in [9.17, 15) is 4.79 Å². The summed E-state index contributed by atoms with van der Waals surface area (Å²) in [5, 5.41) is 9.59. The topological polar surface area (TPSA) is 78.0 Å². The molecule has 0 heterocycles. The Kier molecular flexibility index (Phi) is 9.84. The highest BCUT2D eigenvalue weighted by molar-refractivity contribution is 5.92. The van der Waals surface area contributed by atoms with Gasteiger partial charge in [-0.3, -0.25) is 4.79 Å². The summed E-state index contributed by atoms with van der Waals surface area (Å²) in [6, 6.07) is 14.0. The summed E-state index contributed by atoms with van der Waals surface area (Å²) < 4.78 is 5.46. The first-order valence-electron chi connectivity index (χ1n) is 10.6. The lowest BCUT2D eigenvalue weighted by Crippen LogP contribution is -2.38. The van der Waals surface area contributed by atoms with Crippen molar-refractivity contribution in [2.24, 2.45) is 4.99 Å². The highest BCUT2D eigenvalue weighted by Crippen LogP contribution is 2.19. The van der Waals surface area contributed by atoms with Crippen molar-refractivity contribution in [3.05, 3.63) is 59.2 Å². The van der Waals surface area contributed by atoms with Crippen molar-refractivity contribution in [3.8, 4) is 5.75 Å². The first-order chi connectivity index (χ1) is 14.9. The Labute approximate surface area is 185 Å². The Bertz CT molecular complexity index is 880. The number of hydrogen-bond acceptors (Lipinski definition) is 4. The Morgan fingerprint density at radius 1 is 1.13 bits per heavy atom. The van der Waals surface area contributed by atoms with Crippen LogP contribution in [0.4, 0.5) is 5.69 Å². The monoisotopic (exact) mass is 425 g/mol. The van der Waals surface area contributed by atoms with Crippen LogP contribution in [-0.4, -0.2) is 57.6 Å². The molecule has 0 unspecified atom stereocenters.